The number of hydrogen-bond donors (Lipinski definition) is 2. The van der Waals surface area contributed by atoms with Crippen molar-refractivity contribution in [1.29, 1.82) is 0 Å². The highest BCUT2D eigenvalue weighted by atomic mass is 16.5. The first-order chi connectivity index (χ1) is 9.01. The van der Waals surface area contributed by atoms with E-state index in [2.05, 4.69) is 39.1 Å². The van der Waals surface area contributed by atoms with Gasteiger partial charge in [-0.05, 0) is 56.5 Å². The summed E-state index contributed by atoms with van der Waals surface area (Å²) in [5.74, 6) is 1.20. The third-order valence-corrected chi connectivity index (χ3v) is 4.15. The molecule has 1 aromatic carbocycles. The van der Waals surface area contributed by atoms with Gasteiger partial charge in [-0.15, -0.1) is 0 Å². The van der Waals surface area contributed by atoms with Crippen LogP contribution < -0.4 is 10.1 Å². The smallest absolute Gasteiger partial charge is 0.124 e. The van der Waals surface area contributed by atoms with Crippen molar-refractivity contribution in [3.63, 3.8) is 0 Å². The lowest BCUT2D eigenvalue weighted by molar-refractivity contribution is 0.189. The number of nitrogens with one attached hydrogen (secondary N) is 1. The summed E-state index contributed by atoms with van der Waals surface area (Å²) in [4.78, 5) is 0. The summed E-state index contributed by atoms with van der Waals surface area (Å²) in [5.41, 5.74) is 4.84. The molecule has 2 N–H and O–H groups in total. The van der Waals surface area contributed by atoms with Crippen LogP contribution in [0.5, 0.6) is 5.75 Å². The first-order valence-electron chi connectivity index (χ1n) is 6.94. The van der Waals surface area contributed by atoms with Gasteiger partial charge in [0.2, 0.25) is 0 Å². The number of aliphatic hydroxyl groups excluding tert-OH is 1. The molecule has 0 saturated heterocycles. The molecule has 108 valence electrons. The molecule has 2 atom stereocenters. The van der Waals surface area contributed by atoms with Crippen molar-refractivity contribution >= 4 is 0 Å². The zero-order valence-corrected chi connectivity index (χ0v) is 13.0. The topological polar surface area (TPSA) is 41.5 Å². The quantitative estimate of drug-likeness (QED) is 0.831. The Labute approximate surface area is 117 Å². The summed E-state index contributed by atoms with van der Waals surface area (Å²) in [6.45, 7) is 8.61. The largest absolute Gasteiger partial charge is 0.496 e. The Balaban J connectivity index is 3.33. The van der Waals surface area contributed by atoms with E-state index in [0.29, 0.717) is 0 Å². The van der Waals surface area contributed by atoms with Gasteiger partial charge in [-0.1, -0.05) is 13.0 Å². The molecule has 1 rings (SSSR count). The van der Waals surface area contributed by atoms with Gasteiger partial charge >= 0.3 is 0 Å². The number of rotatable bonds is 6. The number of methoxy groups -OCH3 is 1. The van der Waals surface area contributed by atoms with Gasteiger partial charge in [-0.3, -0.25) is 0 Å². The zero-order chi connectivity index (χ0) is 14.6. The maximum absolute atomic E-state index is 9.55. The van der Waals surface area contributed by atoms with Crippen LogP contribution in [0.1, 0.15) is 41.6 Å². The fourth-order valence-corrected chi connectivity index (χ4v) is 2.84. The molecule has 0 bridgehead atoms. The number of hydrogen-bond acceptors (Lipinski definition) is 3. The van der Waals surface area contributed by atoms with Gasteiger partial charge < -0.3 is 15.2 Å². The summed E-state index contributed by atoms with van der Waals surface area (Å²) in [7, 11) is 3.67. The summed E-state index contributed by atoms with van der Waals surface area (Å²) in [6, 6.07) is 2.36. The molecular weight excluding hydrogens is 238 g/mol. The van der Waals surface area contributed by atoms with E-state index in [1.807, 2.05) is 7.05 Å². The molecule has 0 amide bonds. The number of ether oxygens (including phenoxy) is 1. The third kappa shape index (κ3) is 3.10. The first-order valence-corrected chi connectivity index (χ1v) is 6.94. The van der Waals surface area contributed by atoms with Crippen LogP contribution in [-0.2, 0) is 0 Å². The SMILES string of the molecule is CCC(CO)C(NC)c1cc(C)c(OC)c(C)c1C. The second-order valence-electron chi connectivity index (χ2n) is 5.18. The maximum Gasteiger partial charge on any atom is 0.124 e. The van der Waals surface area contributed by atoms with Crippen molar-refractivity contribution in [3.8, 4) is 5.75 Å². The van der Waals surface area contributed by atoms with Crippen LogP contribution in [0.4, 0.5) is 0 Å². The van der Waals surface area contributed by atoms with Crippen LogP contribution in [-0.4, -0.2) is 25.9 Å². The Bertz CT molecular complexity index is 425. The standard InChI is InChI=1S/C16H27NO2/c1-7-13(9-18)15(17-5)14-8-10(2)16(19-6)12(4)11(14)3/h8,13,15,17-18H,7,9H2,1-6H3. The molecular formula is C16H27NO2. The van der Waals surface area contributed by atoms with Crippen molar-refractivity contribution < 1.29 is 9.84 Å². The van der Waals surface area contributed by atoms with E-state index in [0.717, 1.165) is 17.7 Å². The van der Waals surface area contributed by atoms with Gasteiger partial charge in [0.1, 0.15) is 5.75 Å². The van der Waals surface area contributed by atoms with Crippen LogP contribution in [0.2, 0.25) is 0 Å². The van der Waals surface area contributed by atoms with E-state index in [4.69, 9.17) is 4.74 Å². The molecule has 0 aliphatic heterocycles. The highest BCUT2D eigenvalue weighted by molar-refractivity contribution is 5.50. The Morgan fingerprint density at radius 2 is 1.89 bits per heavy atom. The van der Waals surface area contributed by atoms with Crippen LogP contribution in [0.25, 0.3) is 0 Å². The van der Waals surface area contributed by atoms with Crippen molar-refractivity contribution in [2.45, 2.75) is 40.2 Å². The van der Waals surface area contributed by atoms with E-state index < -0.39 is 0 Å². The Hall–Kier alpha value is -1.06. The van der Waals surface area contributed by atoms with Crippen LogP contribution in [0, 0.1) is 26.7 Å². The van der Waals surface area contributed by atoms with Crippen LogP contribution >= 0.6 is 0 Å². The summed E-state index contributed by atoms with van der Waals surface area (Å²) in [6.07, 6.45) is 0.950. The third-order valence-electron chi connectivity index (χ3n) is 4.15. The lowest BCUT2D eigenvalue weighted by Crippen LogP contribution is -2.28. The molecule has 1 aromatic rings. The summed E-state index contributed by atoms with van der Waals surface area (Å²) < 4.78 is 5.47. The second kappa shape index (κ2) is 6.92. The average Bonchev–Trinajstić information content (AvgIpc) is 2.41. The fourth-order valence-electron chi connectivity index (χ4n) is 2.84. The maximum atomic E-state index is 9.55. The molecule has 2 unspecified atom stereocenters. The molecule has 0 heterocycles. The Morgan fingerprint density at radius 1 is 1.26 bits per heavy atom. The molecule has 0 fully saturated rings. The van der Waals surface area contributed by atoms with E-state index in [1.54, 1.807) is 7.11 Å². The fraction of sp³-hybridized carbons (Fsp3) is 0.625. The lowest BCUT2D eigenvalue weighted by Gasteiger charge is -2.28. The normalized spacial score (nSPS) is 14.3. The van der Waals surface area contributed by atoms with Crippen molar-refractivity contribution in [1.82, 2.24) is 5.32 Å². The lowest BCUT2D eigenvalue weighted by atomic mass is 9.86. The minimum atomic E-state index is 0.179. The predicted octanol–water partition coefficient (Wildman–Crippen LogP) is 2.90. The molecule has 0 saturated carbocycles. The molecule has 3 nitrogen and oxygen atoms in total. The van der Waals surface area contributed by atoms with Gasteiger partial charge in [0.15, 0.2) is 0 Å². The number of benzene rings is 1. The molecule has 0 aliphatic carbocycles. The monoisotopic (exact) mass is 265 g/mol. The van der Waals surface area contributed by atoms with E-state index >= 15 is 0 Å². The van der Waals surface area contributed by atoms with Crippen LogP contribution in [0.3, 0.4) is 0 Å². The summed E-state index contributed by atoms with van der Waals surface area (Å²) in [5, 5.41) is 12.9. The number of aliphatic hydroxyl groups is 1. The first kappa shape index (κ1) is 16.0. The van der Waals surface area contributed by atoms with Crippen LogP contribution in [0.15, 0.2) is 6.07 Å². The molecule has 0 aromatic heterocycles. The number of aryl methyl sites for hydroxylation is 1. The zero-order valence-electron chi connectivity index (χ0n) is 13.0. The van der Waals surface area contributed by atoms with Gasteiger partial charge in [0.25, 0.3) is 0 Å². The highest BCUT2D eigenvalue weighted by Gasteiger charge is 2.23. The molecule has 3 heteroatoms. The van der Waals surface area contributed by atoms with Gasteiger partial charge in [0.05, 0.1) is 7.11 Å². The second-order valence-corrected chi connectivity index (χ2v) is 5.18. The molecule has 0 aliphatic rings. The van der Waals surface area contributed by atoms with Gasteiger partial charge in [0, 0.05) is 18.6 Å². The molecule has 0 radical (unpaired) electrons. The predicted molar refractivity (Wildman–Crippen MR) is 79.9 cm³/mol. The average molecular weight is 265 g/mol. The Kier molecular flexibility index (Phi) is 5.83. The minimum absolute atomic E-state index is 0.179. The molecule has 0 spiro atoms. The molecule has 19 heavy (non-hydrogen) atoms. The van der Waals surface area contributed by atoms with Crippen molar-refractivity contribution in [2.75, 3.05) is 20.8 Å². The summed E-state index contributed by atoms with van der Waals surface area (Å²) >= 11 is 0. The van der Waals surface area contributed by atoms with E-state index in [-0.39, 0.29) is 18.6 Å². The van der Waals surface area contributed by atoms with E-state index in [1.165, 1.54) is 16.7 Å². The minimum Gasteiger partial charge on any atom is -0.496 e. The van der Waals surface area contributed by atoms with Gasteiger partial charge in [-0.25, -0.2) is 0 Å². The Morgan fingerprint density at radius 3 is 2.32 bits per heavy atom. The van der Waals surface area contributed by atoms with E-state index in [9.17, 15) is 5.11 Å². The highest BCUT2D eigenvalue weighted by Crippen LogP contribution is 2.34. The van der Waals surface area contributed by atoms with Gasteiger partial charge in [-0.2, -0.15) is 0 Å². The van der Waals surface area contributed by atoms with Crippen molar-refractivity contribution in [3.05, 3.63) is 28.3 Å². The van der Waals surface area contributed by atoms with Crippen molar-refractivity contribution in [2.24, 2.45) is 5.92 Å².